The molecule has 0 amide bonds. The second kappa shape index (κ2) is 8.38. The minimum absolute atomic E-state index is 0.672. The van der Waals surface area contributed by atoms with Gasteiger partial charge in [0.1, 0.15) is 5.76 Å². The third-order valence-electron chi connectivity index (χ3n) is 4.34. The van der Waals surface area contributed by atoms with Crippen LogP contribution in [0.15, 0.2) is 58.1 Å². The first kappa shape index (κ1) is 17.8. The van der Waals surface area contributed by atoms with Gasteiger partial charge in [0.2, 0.25) is 0 Å². The van der Waals surface area contributed by atoms with Crippen molar-refractivity contribution in [2.75, 3.05) is 13.6 Å². The van der Waals surface area contributed by atoms with Crippen LogP contribution >= 0.6 is 0 Å². The molecular weight excluding hydrogens is 326 g/mol. The second-order valence-electron chi connectivity index (χ2n) is 6.08. The van der Waals surface area contributed by atoms with E-state index in [0.29, 0.717) is 6.54 Å². The van der Waals surface area contributed by atoms with Gasteiger partial charge >= 0.3 is 0 Å². The fraction of sp³-hybridized carbons (Fsp3) is 0.300. The van der Waals surface area contributed by atoms with Crippen LogP contribution in [0.25, 0.3) is 5.69 Å². The second-order valence-corrected chi connectivity index (χ2v) is 6.08. The van der Waals surface area contributed by atoms with Crippen LogP contribution in [0.4, 0.5) is 0 Å². The fourth-order valence-corrected chi connectivity index (χ4v) is 2.90. The number of rotatable bonds is 6. The zero-order valence-corrected chi connectivity index (χ0v) is 15.5. The lowest BCUT2D eigenvalue weighted by Crippen LogP contribution is -2.38. The van der Waals surface area contributed by atoms with E-state index in [1.165, 1.54) is 5.56 Å². The predicted molar refractivity (Wildman–Crippen MR) is 104 cm³/mol. The van der Waals surface area contributed by atoms with Gasteiger partial charge in [-0.2, -0.15) is 5.10 Å². The zero-order valence-electron chi connectivity index (χ0n) is 15.5. The Labute approximate surface area is 153 Å². The van der Waals surface area contributed by atoms with Gasteiger partial charge in [-0.15, -0.1) is 0 Å². The molecule has 0 fully saturated rings. The predicted octanol–water partition coefficient (Wildman–Crippen LogP) is 2.99. The lowest BCUT2D eigenvalue weighted by Gasteiger charge is -2.12. The molecule has 0 spiro atoms. The van der Waals surface area contributed by atoms with E-state index in [4.69, 9.17) is 4.42 Å². The number of guanidine groups is 1. The number of hydrogen-bond acceptors (Lipinski definition) is 3. The molecule has 0 aliphatic heterocycles. The number of aromatic nitrogens is 2. The Morgan fingerprint density at radius 1 is 1.12 bits per heavy atom. The van der Waals surface area contributed by atoms with Crippen molar-refractivity contribution in [3.63, 3.8) is 0 Å². The van der Waals surface area contributed by atoms with Gasteiger partial charge < -0.3 is 15.1 Å². The van der Waals surface area contributed by atoms with E-state index >= 15 is 0 Å². The molecular formula is C20H25N5O. The third-order valence-corrected chi connectivity index (χ3v) is 4.34. The summed E-state index contributed by atoms with van der Waals surface area (Å²) in [5.74, 6) is 1.73. The third kappa shape index (κ3) is 4.14. The van der Waals surface area contributed by atoms with Crippen LogP contribution in [0.1, 0.15) is 22.7 Å². The number of aliphatic imine (C=N–C) groups is 1. The Balaban J connectivity index is 1.60. The maximum Gasteiger partial charge on any atom is 0.191 e. The molecule has 6 nitrogen and oxygen atoms in total. The van der Waals surface area contributed by atoms with Gasteiger partial charge in [0.25, 0.3) is 0 Å². The molecule has 26 heavy (non-hydrogen) atoms. The van der Waals surface area contributed by atoms with Gasteiger partial charge in [0, 0.05) is 37.8 Å². The van der Waals surface area contributed by atoms with Gasteiger partial charge in [-0.1, -0.05) is 18.2 Å². The molecule has 3 rings (SSSR count). The molecule has 0 radical (unpaired) electrons. The van der Waals surface area contributed by atoms with Crippen molar-refractivity contribution in [3.8, 4) is 5.69 Å². The van der Waals surface area contributed by atoms with Crippen LogP contribution in [0.2, 0.25) is 0 Å². The van der Waals surface area contributed by atoms with Gasteiger partial charge in [0.15, 0.2) is 5.96 Å². The largest absolute Gasteiger partial charge is 0.469 e. The van der Waals surface area contributed by atoms with E-state index in [9.17, 15) is 0 Å². The number of nitrogens with zero attached hydrogens (tertiary/aromatic N) is 3. The first-order valence-corrected chi connectivity index (χ1v) is 8.76. The molecule has 0 saturated heterocycles. The number of para-hydroxylation sites is 1. The average Bonchev–Trinajstić information content (AvgIpc) is 3.27. The van der Waals surface area contributed by atoms with Gasteiger partial charge in [-0.3, -0.25) is 4.99 Å². The minimum atomic E-state index is 0.672. The molecule has 0 aliphatic rings. The highest BCUT2D eigenvalue weighted by molar-refractivity contribution is 5.79. The Kier molecular flexibility index (Phi) is 5.73. The Bertz CT molecular complexity index is 850. The summed E-state index contributed by atoms with van der Waals surface area (Å²) in [6.45, 7) is 5.56. The van der Waals surface area contributed by atoms with Crippen molar-refractivity contribution in [2.45, 2.75) is 26.8 Å². The Morgan fingerprint density at radius 2 is 1.92 bits per heavy atom. The number of aryl methyl sites for hydroxylation is 1. The SMILES string of the molecule is CN=C(NCCc1ccco1)NCc1c(C)nn(-c2ccccc2)c1C. The van der Waals surface area contributed by atoms with Crippen molar-refractivity contribution in [2.24, 2.45) is 4.99 Å². The number of furan rings is 1. The topological polar surface area (TPSA) is 67.4 Å². The zero-order chi connectivity index (χ0) is 18.4. The molecule has 136 valence electrons. The summed E-state index contributed by atoms with van der Waals surface area (Å²) in [7, 11) is 1.77. The van der Waals surface area contributed by atoms with Crippen LogP contribution in [-0.4, -0.2) is 29.3 Å². The molecule has 2 heterocycles. The minimum Gasteiger partial charge on any atom is -0.469 e. The van der Waals surface area contributed by atoms with E-state index in [0.717, 1.165) is 41.8 Å². The Morgan fingerprint density at radius 3 is 2.62 bits per heavy atom. The van der Waals surface area contributed by atoms with E-state index < -0.39 is 0 Å². The van der Waals surface area contributed by atoms with Crippen LogP contribution in [-0.2, 0) is 13.0 Å². The number of hydrogen-bond donors (Lipinski definition) is 2. The van der Waals surface area contributed by atoms with Gasteiger partial charge in [-0.25, -0.2) is 4.68 Å². The summed E-state index contributed by atoms with van der Waals surface area (Å²) in [5, 5.41) is 11.4. The first-order chi connectivity index (χ1) is 12.7. The molecule has 0 atom stereocenters. The van der Waals surface area contributed by atoms with Crippen LogP contribution < -0.4 is 10.6 Å². The van der Waals surface area contributed by atoms with Crippen LogP contribution in [0.3, 0.4) is 0 Å². The number of nitrogens with one attached hydrogen (secondary N) is 2. The maximum atomic E-state index is 5.34. The normalized spacial score (nSPS) is 11.6. The quantitative estimate of drug-likeness (QED) is 0.529. The Hall–Kier alpha value is -3.02. The van der Waals surface area contributed by atoms with Crippen molar-refractivity contribution in [3.05, 3.63) is 71.4 Å². The molecule has 0 bridgehead atoms. The summed E-state index contributed by atoms with van der Waals surface area (Å²) in [4.78, 5) is 4.28. The lowest BCUT2D eigenvalue weighted by molar-refractivity contribution is 0.507. The smallest absolute Gasteiger partial charge is 0.191 e. The molecule has 2 N–H and O–H groups in total. The average molecular weight is 351 g/mol. The monoisotopic (exact) mass is 351 g/mol. The molecule has 0 unspecified atom stereocenters. The van der Waals surface area contributed by atoms with Gasteiger partial charge in [0.05, 0.1) is 17.6 Å². The summed E-state index contributed by atoms with van der Waals surface area (Å²) >= 11 is 0. The van der Waals surface area contributed by atoms with Crippen LogP contribution in [0, 0.1) is 13.8 Å². The standard InChI is InChI=1S/C20H25N5O/c1-15-19(16(2)25(24-15)17-8-5-4-6-9-17)14-23-20(21-3)22-12-11-18-10-7-13-26-18/h4-10,13H,11-12,14H2,1-3H3,(H2,21,22,23). The van der Waals surface area contributed by atoms with Crippen LogP contribution in [0.5, 0.6) is 0 Å². The summed E-state index contributed by atoms with van der Waals surface area (Å²) in [6, 6.07) is 14.1. The van der Waals surface area contributed by atoms with E-state index in [1.54, 1.807) is 13.3 Å². The first-order valence-electron chi connectivity index (χ1n) is 8.76. The molecule has 1 aromatic carbocycles. The highest BCUT2D eigenvalue weighted by atomic mass is 16.3. The van der Waals surface area contributed by atoms with Crippen molar-refractivity contribution >= 4 is 5.96 Å². The van der Waals surface area contributed by atoms with Crippen molar-refractivity contribution < 1.29 is 4.42 Å². The highest BCUT2D eigenvalue weighted by Gasteiger charge is 2.13. The molecule has 3 aromatic rings. The summed E-state index contributed by atoms with van der Waals surface area (Å²) in [6.07, 6.45) is 2.51. The molecule has 6 heteroatoms. The van der Waals surface area contributed by atoms with Gasteiger partial charge in [-0.05, 0) is 38.1 Å². The number of benzene rings is 1. The fourth-order valence-electron chi connectivity index (χ4n) is 2.90. The highest BCUT2D eigenvalue weighted by Crippen LogP contribution is 2.17. The van der Waals surface area contributed by atoms with Crippen molar-refractivity contribution in [1.29, 1.82) is 0 Å². The van der Waals surface area contributed by atoms with E-state index in [2.05, 4.69) is 39.8 Å². The van der Waals surface area contributed by atoms with E-state index in [-0.39, 0.29) is 0 Å². The van der Waals surface area contributed by atoms with E-state index in [1.807, 2.05) is 41.9 Å². The lowest BCUT2D eigenvalue weighted by atomic mass is 10.2. The molecule has 2 aromatic heterocycles. The summed E-state index contributed by atoms with van der Waals surface area (Å²) < 4.78 is 7.33. The molecule has 0 aliphatic carbocycles. The summed E-state index contributed by atoms with van der Waals surface area (Å²) in [5.41, 5.74) is 4.40. The van der Waals surface area contributed by atoms with Crippen molar-refractivity contribution in [1.82, 2.24) is 20.4 Å². The maximum absolute atomic E-state index is 5.34. The molecule has 0 saturated carbocycles.